The molecule has 0 aliphatic heterocycles. The number of rotatable bonds is 2. The maximum atomic E-state index is 11.5. The summed E-state index contributed by atoms with van der Waals surface area (Å²) in [6.07, 6.45) is 0. The van der Waals surface area contributed by atoms with Gasteiger partial charge in [0.15, 0.2) is 0 Å². The molecule has 0 aromatic heterocycles. The molecule has 1 rings (SSSR count). The minimum atomic E-state index is -0.433. The maximum Gasteiger partial charge on any atom is 0.339 e. The first-order chi connectivity index (χ1) is 6.57. The van der Waals surface area contributed by atoms with Crippen LogP contribution in [0.4, 0.5) is 0 Å². The molecular weight excluding hydrogens is 223 g/mol. The van der Waals surface area contributed by atoms with Crippen LogP contribution in [0.1, 0.15) is 22.8 Å². The van der Waals surface area contributed by atoms with Gasteiger partial charge in [0.05, 0.1) is 22.2 Å². The summed E-state index contributed by atoms with van der Waals surface area (Å²) in [5.41, 5.74) is 1.11. The zero-order valence-electron chi connectivity index (χ0n) is 7.93. The highest BCUT2D eigenvalue weighted by atomic mass is 35.5. The third-order valence-corrected chi connectivity index (χ3v) is 2.59. The zero-order chi connectivity index (χ0) is 10.7. The topological polar surface area (TPSA) is 26.3 Å². The van der Waals surface area contributed by atoms with Crippen molar-refractivity contribution in [2.24, 2.45) is 0 Å². The van der Waals surface area contributed by atoms with E-state index in [-0.39, 0.29) is 5.02 Å². The van der Waals surface area contributed by atoms with Gasteiger partial charge in [-0.3, -0.25) is 0 Å². The van der Waals surface area contributed by atoms with Gasteiger partial charge in [-0.05, 0) is 25.5 Å². The van der Waals surface area contributed by atoms with Gasteiger partial charge in [0.1, 0.15) is 0 Å². The molecule has 76 valence electrons. The second kappa shape index (κ2) is 4.67. The number of carbonyl (C=O) groups is 1. The van der Waals surface area contributed by atoms with Crippen molar-refractivity contribution in [2.45, 2.75) is 13.8 Å². The van der Waals surface area contributed by atoms with E-state index < -0.39 is 5.97 Å². The molecule has 0 aliphatic rings. The van der Waals surface area contributed by atoms with Crippen LogP contribution in [0.3, 0.4) is 0 Å². The zero-order valence-corrected chi connectivity index (χ0v) is 9.45. The van der Waals surface area contributed by atoms with Crippen LogP contribution in [-0.4, -0.2) is 12.6 Å². The van der Waals surface area contributed by atoms with E-state index in [1.165, 1.54) is 0 Å². The van der Waals surface area contributed by atoms with Crippen LogP contribution >= 0.6 is 23.2 Å². The number of benzene rings is 1. The molecule has 1 aromatic carbocycles. The van der Waals surface area contributed by atoms with Gasteiger partial charge in [0.2, 0.25) is 0 Å². The number of carbonyl (C=O) groups excluding carboxylic acids is 1. The van der Waals surface area contributed by atoms with E-state index in [1.54, 1.807) is 26.0 Å². The molecule has 0 saturated heterocycles. The lowest BCUT2D eigenvalue weighted by molar-refractivity contribution is 0.0526. The Labute approximate surface area is 92.8 Å². The summed E-state index contributed by atoms with van der Waals surface area (Å²) >= 11 is 11.7. The molecule has 2 nitrogen and oxygen atoms in total. The van der Waals surface area contributed by atoms with E-state index in [9.17, 15) is 4.79 Å². The molecular formula is C10H10Cl2O2. The molecule has 0 N–H and O–H groups in total. The number of hydrogen-bond donors (Lipinski definition) is 0. The van der Waals surface area contributed by atoms with Crippen molar-refractivity contribution < 1.29 is 9.53 Å². The van der Waals surface area contributed by atoms with E-state index in [0.29, 0.717) is 17.2 Å². The summed E-state index contributed by atoms with van der Waals surface area (Å²) in [6.45, 7) is 3.85. The van der Waals surface area contributed by atoms with Gasteiger partial charge in [0.25, 0.3) is 0 Å². The normalized spacial score (nSPS) is 10.0. The van der Waals surface area contributed by atoms with E-state index >= 15 is 0 Å². The average Bonchev–Trinajstić information content (AvgIpc) is 2.13. The van der Waals surface area contributed by atoms with E-state index in [4.69, 9.17) is 27.9 Å². The summed E-state index contributed by atoms with van der Waals surface area (Å²) in [4.78, 5) is 11.5. The van der Waals surface area contributed by atoms with Crippen LogP contribution in [-0.2, 0) is 4.74 Å². The molecule has 0 fully saturated rings. The fraction of sp³-hybridized carbons (Fsp3) is 0.300. The first kappa shape index (κ1) is 11.3. The molecule has 0 amide bonds. The second-order valence-electron chi connectivity index (χ2n) is 2.77. The van der Waals surface area contributed by atoms with Crippen LogP contribution in [0.5, 0.6) is 0 Å². The Morgan fingerprint density at radius 3 is 2.64 bits per heavy atom. The minimum absolute atomic E-state index is 0.255. The minimum Gasteiger partial charge on any atom is -0.462 e. The van der Waals surface area contributed by atoms with Crippen molar-refractivity contribution in [1.29, 1.82) is 0 Å². The second-order valence-corrected chi connectivity index (χ2v) is 3.56. The van der Waals surface area contributed by atoms with Crippen LogP contribution in [0, 0.1) is 6.92 Å². The SMILES string of the molecule is CCOC(=O)c1c(C)ccc(Cl)c1Cl. The summed E-state index contributed by atoms with van der Waals surface area (Å²) < 4.78 is 4.86. The quantitative estimate of drug-likeness (QED) is 0.731. The van der Waals surface area contributed by atoms with Crippen molar-refractivity contribution >= 4 is 29.2 Å². The molecule has 0 bridgehead atoms. The number of halogens is 2. The number of ether oxygens (including phenoxy) is 1. The molecule has 0 atom stereocenters. The standard InChI is InChI=1S/C10H10Cl2O2/c1-3-14-10(13)8-6(2)4-5-7(11)9(8)12/h4-5H,3H2,1-2H3. The van der Waals surface area contributed by atoms with Gasteiger partial charge in [-0.25, -0.2) is 4.79 Å². The summed E-state index contributed by atoms with van der Waals surface area (Å²) in [7, 11) is 0. The largest absolute Gasteiger partial charge is 0.462 e. The lowest BCUT2D eigenvalue weighted by Crippen LogP contribution is -2.07. The van der Waals surface area contributed by atoms with Gasteiger partial charge >= 0.3 is 5.97 Å². The molecule has 0 aliphatic carbocycles. The van der Waals surface area contributed by atoms with Crippen LogP contribution in [0.15, 0.2) is 12.1 Å². The van der Waals surface area contributed by atoms with Crippen molar-refractivity contribution in [3.63, 3.8) is 0 Å². The Morgan fingerprint density at radius 1 is 1.43 bits per heavy atom. The molecule has 0 heterocycles. The molecule has 4 heteroatoms. The van der Waals surface area contributed by atoms with Crippen molar-refractivity contribution in [1.82, 2.24) is 0 Å². The predicted molar refractivity (Wildman–Crippen MR) is 57.2 cm³/mol. The van der Waals surface area contributed by atoms with Crippen LogP contribution < -0.4 is 0 Å². The van der Waals surface area contributed by atoms with Gasteiger partial charge in [0, 0.05) is 0 Å². The number of esters is 1. The number of hydrogen-bond acceptors (Lipinski definition) is 2. The van der Waals surface area contributed by atoms with Crippen LogP contribution in [0.25, 0.3) is 0 Å². The lowest BCUT2D eigenvalue weighted by atomic mass is 10.1. The highest BCUT2D eigenvalue weighted by Crippen LogP contribution is 2.28. The third-order valence-electron chi connectivity index (χ3n) is 1.78. The monoisotopic (exact) mass is 232 g/mol. The molecule has 0 spiro atoms. The maximum absolute atomic E-state index is 11.5. The molecule has 14 heavy (non-hydrogen) atoms. The fourth-order valence-electron chi connectivity index (χ4n) is 1.10. The summed E-state index contributed by atoms with van der Waals surface area (Å²) in [5, 5.41) is 0.616. The Hall–Kier alpha value is -0.730. The highest BCUT2D eigenvalue weighted by Gasteiger charge is 2.16. The van der Waals surface area contributed by atoms with Gasteiger partial charge in [-0.1, -0.05) is 29.3 Å². The first-order valence-electron chi connectivity index (χ1n) is 4.19. The van der Waals surface area contributed by atoms with Gasteiger partial charge < -0.3 is 4.74 Å². The van der Waals surface area contributed by atoms with Crippen molar-refractivity contribution in [3.05, 3.63) is 33.3 Å². The predicted octanol–water partition coefficient (Wildman–Crippen LogP) is 3.48. The molecule has 1 aromatic rings. The molecule has 0 radical (unpaired) electrons. The fourth-order valence-corrected chi connectivity index (χ4v) is 1.55. The molecule has 0 unspecified atom stereocenters. The first-order valence-corrected chi connectivity index (χ1v) is 4.95. The summed E-state index contributed by atoms with van der Waals surface area (Å²) in [5.74, 6) is -0.433. The average molecular weight is 233 g/mol. The summed E-state index contributed by atoms with van der Waals surface area (Å²) in [6, 6.07) is 3.39. The van der Waals surface area contributed by atoms with Crippen LogP contribution in [0.2, 0.25) is 10.0 Å². The smallest absolute Gasteiger partial charge is 0.339 e. The van der Waals surface area contributed by atoms with Crippen molar-refractivity contribution in [2.75, 3.05) is 6.61 Å². The van der Waals surface area contributed by atoms with Crippen molar-refractivity contribution in [3.8, 4) is 0 Å². The Morgan fingerprint density at radius 2 is 2.07 bits per heavy atom. The highest BCUT2D eigenvalue weighted by molar-refractivity contribution is 6.43. The number of aryl methyl sites for hydroxylation is 1. The Bertz CT molecular complexity index is 361. The van der Waals surface area contributed by atoms with E-state index in [0.717, 1.165) is 5.56 Å². The van der Waals surface area contributed by atoms with E-state index in [2.05, 4.69) is 0 Å². The van der Waals surface area contributed by atoms with Gasteiger partial charge in [-0.15, -0.1) is 0 Å². The third kappa shape index (κ3) is 2.20. The Kier molecular flexibility index (Phi) is 3.78. The van der Waals surface area contributed by atoms with E-state index in [1.807, 2.05) is 0 Å². The molecule has 0 saturated carbocycles. The Balaban J connectivity index is 3.18. The van der Waals surface area contributed by atoms with Gasteiger partial charge in [-0.2, -0.15) is 0 Å². The lowest BCUT2D eigenvalue weighted by Gasteiger charge is -2.08.